The number of hydrogen-bond acceptors (Lipinski definition) is 5. The van der Waals surface area contributed by atoms with Crippen molar-refractivity contribution >= 4 is 0 Å². The zero-order chi connectivity index (χ0) is 11.6. The van der Waals surface area contributed by atoms with E-state index in [2.05, 4.69) is 22.4 Å². The minimum absolute atomic E-state index is 0.714. The zero-order valence-electron chi connectivity index (χ0n) is 10.2. The minimum atomic E-state index is 0.714. The SMILES string of the molecule is CCNCCc1nnc(CCCOCC)o1. The Kier molecular flexibility index (Phi) is 6.76. The number of nitrogens with zero attached hydrogens (tertiary/aromatic N) is 2. The highest BCUT2D eigenvalue weighted by atomic mass is 16.5. The monoisotopic (exact) mass is 227 g/mol. The molecule has 16 heavy (non-hydrogen) atoms. The van der Waals surface area contributed by atoms with Crippen LogP contribution in [0.25, 0.3) is 0 Å². The molecule has 0 aliphatic heterocycles. The zero-order valence-corrected chi connectivity index (χ0v) is 10.2. The maximum atomic E-state index is 5.49. The second-order valence-corrected chi connectivity index (χ2v) is 3.49. The predicted octanol–water partition coefficient (Wildman–Crippen LogP) is 1.19. The molecule has 5 nitrogen and oxygen atoms in total. The first-order valence-electron chi connectivity index (χ1n) is 5.96. The summed E-state index contributed by atoms with van der Waals surface area (Å²) in [6.45, 7) is 7.44. The summed E-state index contributed by atoms with van der Waals surface area (Å²) in [5.41, 5.74) is 0. The average Bonchev–Trinajstić information content (AvgIpc) is 2.73. The highest BCUT2D eigenvalue weighted by Gasteiger charge is 2.04. The van der Waals surface area contributed by atoms with Gasteiger partial charge in [0.05, 0.1) is 0 Å². The van der Waals surface area contributed by atoms with Gasteiger partial charge in [-0.2, -0.15) is 0 Å². The van der Waals surface area contributed by atoms with Gasteiger partial charge in [0.15, 0.2) is 0 Å². The third kappa shape index (κ3) is 5.23. The molecule has 0 aliphatic carbocycles. The second-order valence-electron chi connectivity index (χ2n) is 3.49. The Morgan fingerprint density at radius 2 is 1.94 bits per heavy atom. The van der Waals surface area contributed by atoms with Crippen LogP contribution >= 0.6 is 0 Å². The maximum absolute atomic E-state index is 5.49. The smallest absolute Gasteiger partial charge is 0.217 e. The summed E-state index contributed by atoms with van der Waals surface area (Å²) in [5, 5.41) is 11.2. The summed E-state index contributed by atoms with van der Waals surface area (Å²) in [5.74, 6) is 1.43. The molecule has 0 saturated heterocycles. The van der Waals surface area contributed by atoms with E-state index in [1.165, 1.54) is 0 Å². The summed E-state index contributed by atoms with van der Waals surface area (Å²) >= 11 is 0. The van der Waals surface area contributed by atoms with Gasteiger partial charge >= 0.3 is 0 Å². The van der Waals surface area contributed by atoms with E-state index in [-0.39, 0.29) is 0 Å². The van der Waals surface area contributed by atoms with E-state index in [0.717, 1.165) is 45.6 Å². The molecule has 0 atom stereocenters. The molecule has 0 aromatic carbocycles. The van der Waals surface area contributed by atoms with Gasteiger partial charge in [0, 0.05) is 32.6 Å². The molecule has 1 heterocycles. The molecule has 0 saturated carbocycles. The molecule has 92 valence electrons. The topological polar surface area (TPSA) is 60.2 Å². The van der Waals surface area contributed by atoms with E-state index in [9.17, 15) is 0 Å². The Morgan fingerprint density at radius 3 is 2.62 bits per heavy atom. The number of rotatable bonds is 9. The summed E-state index contributed by atoms with van der Waals surface area (Å²) in [6.07, 6.45) is 2.53. The van der Waals surface area contributed by atoms with Crippen molar-refractivity contribution in [2.45, 2.75) is 33.1 Å². The third-order valence-corrected chi connectivity index (χ3v) is 2.16. The lowest BCUT2D eigenvalue weighted by Crippen LogP contribution is -2.16. The highest BCUT2D eigenvalue weighted by Crippen LogP contribution is 2.03. The quantitative estimate of drug-likeness (QED) is 0.642. The number of aromatic nitrogens is 2. The van der Waals surface area contributed by atoms with Crippen LogP contribution < -0.4 is 5.32 Å². The van der Waals surface area contributed by atoms with Crippen molar-refractivity contribution < 1.29 is 9.15 Å². The Labute approximate surface area is 96.6 Å². The van der Waals surface area contributed by atoms with Crippen LogP contribution in [0.1, 0.15) is 32.0 Å². The van der Waals surface area contributed by atoms with Gasteiger partial charge in [0.2, 0.25) is 11.8 Å². The van der Waals surface area contributed by atoms with Gasteiger partial charge in [0.25, 0.3) is 0 Å². The molecule has 0 fully saturated rings. The van der Waals surface area contributed by atoms with Gasteiger partial charge in [-0.25, -0.2) is 0 Å². The van der Waals surface area contributed by atoms with Crippen molar-refractivity contribution in [3.05, 3.63) is 11.8 Å². The second kappa shape index (κ2) is 8.24. The van der Waals surface area contributed by atoms with Gasteiger partial charge in [-0.15, -0.1) is 10.2 Å². The molecule has 0 bridgehead atoms. The first-order valence-corrected chi connectivity index (χ1v) is 5.96. The van der Waals surface area contributed by atoms with Crippen LogP contribution in [0.4, 0.5) is 0 Å². The number of nitrogens with one attached hydrogen (secondary N) is 1. The predicted molar refractivity (Wildman–Crippen MR) is 61.4 cm³/mol. The van der Waals surface area contributed by atoms with E-state index < -0.39 is 0 Å². The first kappa shape index (κ1) is 13.1. The molecular weight excluding hydrogens is 206 g/mol. The largest absolute Gasteiger partial charge is 0.425 e. The number of aryl methyl sites for hydroxylation is 1. The van der Waals surface area contributed by atoms with Crippen molar-refractivity contribution in [2.24, 2.45) is 0 Å². The Bertz CT molecular complexity index is 276. The lowest BCUT2D eigenvalue weighted by molar-refractivity contribution is 0.143. The number of hydrogen-bond donors (Lipinski definition) is 1. The molecule has 0 spiro atoms. The lowest BCUT2D eigenvalue weighted by atomic mass is 10.3. The molecule has 0 unspecified atom stereocenters. The first-order chi connectivity index (χ1) is 7.86. The van der Waals surface area contributed by atoms with E-state index in [4.69, 9.17) is 9.15 Å². The maximum Gasteiger partial charge on any atom is 0.217 e. The molecule has 5 heteroatoms. The molecule has 1 aromatic rings. The Hall–Kier alpha value is -0.940. The molecule has 0 amide bonds. The molecule has 0 radical (unpaired) electrons. The van der Waals surface area contributed by atoms with E-state index in [1.807, 2.05) is 6.92 Å². The van der Waals surface area contributed by atoms with Crippen LogP contribution in [0.3, 0.4) is 0 Å². The molecule has 0 aliphatic rings. The Morgan fingerprint density at radius 1 is 1.19 bits per heavy atom. The van der Waals surface area contributed by atoms with E-state index in [0.29, 0.717) is 11.8 Å². The molecule has 1 rings (SSSR count). The minimum Gasteiger partial charge on any atom is -0.425 e. The summed E-state index contributed by atoms with van der Waals surface area (Å²) in [4.78, 5) is 0. The van der Waals surface area contributed by atoms with Crippen LogP contribution in [0.15, 0.2) is 4.42 Å². The Balaban J connectivity index is 2.17. The molecule has 1 N–H and O–H groups in total. The number of ether oxygens (including phenoxy) is 1. The van der Waals surface area contributed by atoms with Crippen molar-refractivity contribution in [3.8, 4) is 0 Å². The van der Waals surface area contributed by atoms with Crippen LogP contribution in [0.5, 0.6) is 0 Å². The highest BCUT2D eigenvalue weighted by molar-refractivity contribution is 4.82. The standard InChI is InChI=1S/C11H21N3O2/c1-3-12-8-7-11-14-13-10(16-11)6-5-9-15-4-2/h12H,3-9H2,1-2H3. The summed E-state index contributed by atoms with van der Waals surface area (Å²) in [7, 11) is 0. The van der Waals surface area contributed by atoms with Crippen molar-refractivity contribution in [2.75, 3.05) is 26.3 Å². The molecular formula is C11H21N3O2. The fourth-order valence-corrected chi connectivity index (χ4v) is 1.33. The summed E-state index contributed by atoms with van der Waals surface area (Å²) < 4.78 is 10.7. The van der Waals surface area contributed by atoms with Crippen molar-refractivity contribution in [1.82, 2.24) is 15.5 Å². The fourth-order valence-electron chi connectivity index (χ4n) is 1.33. The lowest BCUT2D eigenvalue weighted by Gasteiger charge is -1.98. The van der Waals surface area contributed by atoms with Crippen LogP contribution in [0, 0.1) is 0 Å². The molecule has 1 aromatic heterocycles. The van der Waals surface area contributed by atoms with Crippen molar-refractivity contribution in [3.63, 3.8) is 0 Å². The number of likely N-dealkylation sites (N-methyl/N-ethyl adjacent to an activating group) is 1. The van der Waals surface area contributed by atoms with E-state index in [1.54, 1.807) is 0 Å². The van der Waals surface area contributed by atoms with Crippen LogP contribution in [-0.2, 0) is 17.6 Å². The fraction of sp³-hybridized carbons (Fsp3) is 0.818. The van der Waals surface area contributed by atoms with Crippen LogP contribution in [-0.4, -0.2) is 36.5 Å². The average molecular weight is 227 g/mol. The van der Waals surface area contributed by atoms with Crippen LogP contribution in [0.2, 0.25) is 0 Å². The van der Waals surface area contributed by atoms with Gasteiger partial charge < -0.3 is 14.5 Å². The van der Waals surface area contributed by atoms with E-state index >= 15 is 0 Å². The van der Waals surface area contributed by atoms with Gasteiger partial charge in [0.1, 0.15) is 0 Å². The normalized spacial score (nSPS) is 10.9. The van der Waals surface area contributed by atoms with Gasteiger partial charge in [-0.1, -0.05) is 6.92 Å². The van der Waals surface area contributed by atoms with Crippen molar-refractivity contribution in [1.29, 1.82) is 0 Å². The van der Waals surface area contributed by atoms with Gasteiger partial charge in [-0.3, -0.25) is 0 Å². The summed E-state index contributed by atoms with van der Waals surface area (Å²) in [6, 6.07) is 0. The van der Waals surface area contributed by atoms with Gasteiger partial charge in [-0.05, 0) is 19.9 Å². The third-order valence-electron chi connectivity index (χ3n) is 2.16.